The molecule has 0 unspecified atom stereocenters. The van der Waals surface area contributed by atoms with Crippen LogP contribution in [0.15, 0.2) is 42.1 Å². The molecule has 0 atom stereocenters. The Balaban J connectivity index is 0.997. The smallest absolute Gasteiger partial charge is 0.226 e. The highest BCUT2D eigenvalue weighted by molar-refractivity contribution is 5.86. The van der Waals surface area contributed by atoms with Gasteiger partial charge in [0.05, 0.1) is 18.6 Å². The lowest BCUT2D eigenvalue weighted by atomic mass is 9.34. The van der Waals surface area contributed by atoms with Crippen molar-refractivity contribution in [3.63, 3.8) is 0 Å². The Hall–Kier alpha value is -3.11. The number of hydrogen-bond donors (Lipinski definition) is 3. The molecule has 2 aromatic rings. The molecule has 9 heteroatoms. The van der Waals surface area contributed by atoms with Gasteiger partial charge in [-0.25, -0.2) is 9.97 Å². The van der Waals surface area contributed by atoms with Gasteiger partial charge in [-0.1, -0.05) is 71.0 Å². The molecule has 0 spiro atoms. The van der Waals surface area contributed by atoms with E-state index in [1.165, 1.54) is 11.1 Å². The molecular weight excluding hydrogens is 622 g/mol. The van der Waals surface area contributed by atoms with Crippen molar-refractivity contribution in [1.29, 1.82) is 0 Å². The van der Waals surface area contributed by atoms with Gasteiger partial charge in [0.1, 0.15) is 0 Å². The lowest BCUT2D eigenvalue weighted by molar-refractivity contribution is -0.215. The third-order valence-electron chi connectivity index (χ3n) is 11.0. The lowest BCUT2D eigenvalue weighted by Crippen LogP contribution is -2.71. The predicted octanol–water partition coefficient (Wildman–Crippen LogP) is 5.36. The van der Waals surface area contributed by atoms with Crippen molar-refractivity contribution < 1.29 is 9.53 Å². The van der Waals surface area contributed by atoms with Crippen molar-refractivity contribution in [3.05, 3.63) is 70.4 Å². The maximum absolute atomic E-state index is 13.2. The normalized spacial score (nSPS) is 23.4. The number of hydrogen-bond acceptors (Lipinski definition) is 8. The molecule has 3 aliphatic carbocycles. The van der Waals surface area contributed by atoms with Crippen LogP contribution in [-0.4, -0.2) is 91.2 Å². The first-order valence-corrected chi connectivity index (χ1v) is 18.7. The molecule has 2 bridgehead atoms. The molecule has 9 nitrogen and oxygen atoms in total. The van der Waals surface area contributed by atoms with Gasteiger partial charge < -0.3 is 26.4 Å². The second kappa shape index (κ2) is 15.6. The van der Waals surface area contributed by atoms with Crippen LogP contribution in [0.4, 0.5) is 0 Å². The minimum atomic E-state index is -0.125. The van der Waals surface area contributed by atoms with Gasteiger partial charge >= 0.3 is 0 Å². The van der Waals surface area contributed by atoms with Crippen molar-refractivity contribution >= 4 is 17.6 Å². The first-order chi connectivity index (χ1) is 23.6. The van der Waals surface area contributed by atoms with E-state index < -0.39 is 0 Å². The van der Waals surface area contributed by atoms with E-state index in [-0.39, 0.29) is 22.2 Å². The summed E-state index contributed by atoms with van der Waals surface area (Å²) in [5, 5.41) is 3.27. The van der Waals surface area contributed by atoms with Crippen molar-refractivity contribution in [2.24, 2.45) is 33.1 Å². The molecule has 1 aromatic heterocycles. The average Bonchev–Trinajstić information content (AvgIpc) is 3.04. The van der Waals surface area contributed by atoms with E-state index in [0.717, 1.165) is 99.9 Å². The summed E-state index contributed by atoms with van der Waals surface area (Å²) in [5.41, 5.74) is 18.5. The van der Waals surface area contributed by atoms with E-state index >= 15 is 0 Å². The number of amides is 1. The average molecular weight is 686 g/mol. The largest absolute Gasteiger partial charge is 0.402 e. The van der Waals surface area contributed by atoms with Gasteiger partial charge in [0.2, 0.25) is 5.91 Å². The molecule has 50 heavy (non-hydrogen) atoms. The Bertz CT molecular complexity index is 1500. The molecule has 2 heterocycles. The summed E-state index contributed by atoms with van der Waals surface area (Å²) in [6.07, 6.45) is 9.12. The summed E-state index contributed by atoms with van der Waals surface area (Å²) in [6, 6.07) is 10.7. The number of aryl methyl sites for hydroxylation is 2. The lowest BCUT2D eigenvalue weighted by Gasteiger charge is -2.70. The number of allylic oxidation sites excluding steroid dienone is 2. The monoisotopic (exact) mass is 686 g/mol. The zero-order chi connectivity index (χ0) is 36.2. The molecule has 1 aliphatic heterocycles. The van der Waals surface area contributed by atoms with Gasteiger partial charge in [0.25, 0.3) is 0 Å². The number of carbonyl (C=O) groups is 1. The van der Waals surface area contributed by atoms with Crippen LogP contribution in [0.1, 0.15) is 88.6 Å². The number of piperazine rings is 1. The molecular formula is C41H63N7O2. The highest BCUT2D eigenvalue weighted by Crippen LogP contribution is 2.73. The minimum absolute atomic E-state index is 0.0237. The summed E-state index contributed by atoms with van der Waals surface area (Å²) < 4.78 is 5.96. The number of nitrogens with two attached hydrogens (primary N) is 2. The van der Waals surface area contributed by atoms with Crippen LogP contribution in [0.25, 0.3) is 11.6 Å². The number of aromatic nitrogens is 2. The number of rotatable bonds is 17. The zero-order valence-corrected chi connectivity index (χ0v) is 31.9. The quantitative estimate of drug-likeness (QED) is 0.204. The SMILES string of the molecule is CC/C(N)=C(\Cc1ccc(/C=C/CN2CCN(CC34CC(C(=O)NCC(C)(C)COCC(C)(C)CN)(C3)C4)CC2)cc1)c1nc(C)cc(C)n1. The second-order valence-electron chi connectivity index (χ2n) is 17.2. The van der Waals surface area contributed by atoms with E-state index in [1.807, 2.05) is 19.9 Å². The molecule has 6 rings (SSSR count). The van der Waals surface area contributed by atoms with Crippen LogP contribution in [0, 0.1) is 35.5 Å². The van der Waals surface area contributed by atoms with Crippen LogP contribution in [0.3, 0.4) is 0 Å². The summed E-state index contributed by atoms with van der Waals surface area (Å²) in [6.45, 7) is 23.6. The van der Waals surface area contributed by atoms with Gasteiger partial charge in [0.15, 0.2) is 5.82 Å². The topological polar surface area (TPSA) is 123 Å². The molecule has 274 valence electrons. The minimum Gasteiger partial charge on any atom is -0.402 e. The molecule has 1 aromatic carbocycles. The van der Waals surface area contributed by atoms with E-state index in [9.17, 15) is 4.79 Å². The maximum atomic E-state index is 13.2. The van der Waals surface area contributed by atoms with Gasteiger partial charge in [-0.15, -0.1) is 0 Å². The fourth-order valence-corrected chi connectivity index (χ4v) is 7.93. The number of nitrogens with zero attached hydrogens (tertiary/aromatic N) is 4. The fourth-order valence-electron chi connectivity index (χ4n) is 7.93. The van der Waals surface area contributed by atoms with Gasteiger partial charge in [-0.3, -0.25) is 9.69 Å². The van der Waals surface area contributed by atoms with Crippen molar-refractivity contribution in [2.75, 3.05) is 65.6 Å². The molecule has 5 N–H and O–H groups in total. The third kappa shape index (κ3) is 9.60. The highest BCUT2D eigenvalue weighted by atomic mass is 16.5. The third-order valence-corrected chi connectivity index (χ3v) is 11.0. The summed E-state index contributed by atoms with van der Waals surface area (Å²) in [4.78, 5) is 27.7. The Morgan fingerprint density at radius 2 is 1.56 bits per heavy atom. The molecule has 4 aliphatic rings. The van der Waals surface area contributed by atoms with E-state index in [1.54, 1.807) is 0 Å². The first-order valence-electron chi connectivity index (χ1n) is 18.7. The summed E-state index contributed by atoms with van der Waals surface area (Å²) >= 11 is 0. The van der Waals surface area contributed by atoms with E-state index in [4.69, 9.17) is 16.2 Å². The van der Waals surface area contributed by atoms with Crippen LogP contribution in [0.2, 0.25) is 0 Å². The molecule has 3 saturated carbocycles. The van der Waals surface area contributed by atoms with Crippen LogP contribution >= 0.6 is 0 Å². The number of carbonyl (C=O) groups excluding carboxylic acids is 1. The summed E-state index contributed by atoms with van der Waals surface area (Å²) in [7, 11) is 0. The highest BCUT2D eigenvalue weighted by Gasteiger charge is 2.71. The second-order valence-corrected chi connectivity index (χ2v) is 17.2. The Labute approximate surface area is 301 Å². The summed E-state index contributed by atoms with van der Waals surface area (Å²) in [5.74, 6) is 0.985. The Morgan fingerprint density at radius 1 is 0.960 bits per heavy atom. The van der Waals surface area contributed by atoms with E-state index in [2.05, 4.69) is 96.1 Å². The number of ether oxygens (including phenoxy) is 1. The van der Waals surface area contributed by atoms with Crippen LogP contribution in [0.5, 0.6) is 0 Å². The Kier molecular flexibility index (Phi) is 11.9. The van der Waals surface area contributed by atoms with Crippen molar-refractivity contribution in [3.8, 4) is 0 Å². The van der Waals surface area contributed by atoms with Crippen molar-refractivity contribution in [1.82, 2.24) is 25.1 Å². The standard InChI is InChI=1S/C41H63N7O2/c1-8-35(43)34(36-45-30(2)20-31(3)46-36)21-33-13-11-32(12-14-33)10-9-15-47-16-18-48(19-17-47)27-40-22-41(23-40,24-40)37(49)44-26-39(6,7)29-50-28-38(4,5)25-42/h9-14,20H,8,15-19,21-29,42-43H2,1-7H3,(H,44,49)/b10-9+,35-34-. The van der Waals surface area contributed by atoms with Gasteiger partial charge in [-0.05, 0) is 68.7 Å². The predicted molar refractivity (Wildman–Crippen MR) is 204 cm³/mol. The van der Waals surface area contributed by atoms with E-state index in [0.29, 0.717) is 31.7 Å². The number of nitrogens with one attached hydrogen (secondary N) is 1. The first kappa shape index (κ1) is 38.1. The number of benzene rings is 1. The molecule has 4 fully saturated rings. The van der Waals surface area contributed by atoms with Gasteiger partial charge in [-0.2, -0.15) is 0 Å². The molecule has 1 amide bonds. The van der Waals surface area contributed by atoms with Crippen LogP contribution in [-0.2, 0) is 16.0 Å². The molecule has 0 radical (unpaired) electrons. The van der Waals surface area contributed by atoms with Crippen molar-refractivity contribution in [2.45, 2.75) is 80.6 Å². The zero-order valence-electron chi connectivity index (χ0n) is 31.9. The fraction of sp³-hybridized carbons (Fsp3) is 0.634. The maximum Gasteiger partial charge on any atom is 0.226 e. The van der Waals surface area contributed by atoms with Crippen LogP contribution < -0.4 is 16.8 Å². The molecule has 1 saturated heterocycles. The van der Waals surface area contributed by atoms with Gasteiger partial charge in [0, 0.05) is 85.7 Å². The Morgan fingerprint density at radius 3 is 2.16 bits per heavy atom.